The van der Waals surface area contributed by atoms with E-state index in [1.165, 1.54) is 11.3 Å². The van der Waals surface area contributed by atoms with Crippen LogP contribution >= 0.6 is 11.3 Å². The van der Waals surface area contributed by atoms with Gasteiger partial charge in [0.25, 0.3) is 0 Å². The second-order valence-corrected chi connectivity index (χ2v) is 6.38. The molecule has 0 amide bonds. The second kappa shape index (κ2) is 5.13. The van der Waals surface area contributed by atoms with E-state index in [1.54, 1.807) is 11.8 Å². The number of ether oxygens (including phenoxy) is 1. The molecular weight excluding hydrogens is 290 g/mol. The van der Waals surface area contributed by atoms with Crippen molar-refractivity contribution in [3.05, 3.63) is 11.8 Å². The monoisotopic (exact) mass is 307 g/mol. The van der Waals surface area contributed by atoms with Crippen LogP contribution in [0, 0.1) is 0 Å². The Labute approximate surface area is 126 Å². The Morgan fingerprint density at radius 3 is 3.14 bits per heavy atom. The van der Waals surface area contributed by atoms with Gasteiger partial charge in [0, 0.05) is 26.2 Å². The first kappa shape index (κ1) is 13.3. The molecule has 4 heterocycles. The molecule has 1 unspecified atom stereocenters. The molecule has 112 valence electrons. The summed E-state index contributed by atoms with van der Waals surface area (Å²) >= 11 is 1.52. The van der Waals surface area contributed by atoms with Gasteiger partial charge < -0.3 is 14.7 Å². The number of aliphatic hydroxyl groups excluding tert-OH is 1. The van der Waals surface area contributed by atoms with Crippen LogP contribution in [0.4, 0.5) is 5.82 Å². The SMILES string of the molecule is OCC12COCCN1CCN(c1ncnc3scnc13)C2. The second-order valence-electron chi connectivity index (χ2n) is 5.55. The van der Waals surface area contributed by atoms with Crippen molar-refractivity contribution in [2.24, 2.45) is 0 Å². The van der Waals surface area contributed by atoms with Crippen LogP contribution < -0.4 is 4.90 Å². The maximum absolute atomic E-state index is 9.92. The van der Waals surface area contributed by atoms with Crippen LogP contribution in [-0.4, -0.2) is 76.5 Å². The topological polar surface area (TPSA) is 74.6 Å². The highest BCUT2D eigenvalue weighted by Crippen LogP contribution is 2.30. The van der Waals surface area contributed by atoms with Crippen molar-refractivity contribution in [3.63, 3.8) is 0 Å². The number of rotatable bonds is 2. The van der Waals surface area contributed by atoms with E-state index in [1.807, 2.05) is 0 Å². The molecule has 7 nitrogen and oxygen atoms in total. The molecule has 8 heteroatoms. The fraction of sp³-hybridized carbons (Fsp3) is 0.615. The van der Waals surface area contributed by atoms with E-state index in [0.717, 1.165) is 42.4 Å². The largest absolute Gasteiger partial charge is 0.394 e. The molecule has 0 aromatic carbocycles. The average molecular weight is 307 g/mol. The highest BCUT2D eigenvalue weighted by atomic mass is 32.1. The van der Waals surface area contributed by atoms with Crippen molar-refractivity contribution >= 4 is 27.5 Å². The lowest BCUT2D eigenvalue weighted by Crippen LogP contribution is -2.69. The number of thiazole rings is 1. The molecule has 2 aromatic heterocycles. The van der Waals surface area contributed by atoms with Gasteiger partial charge in [-0.25, -0.2) is 15.0 Å². The van der Waals surface area contributed by atoms with Gasteiger partial charge in [-0.15, -0.1) is 11.3 Å². The van der Waals surface area contributed by atoms with Crippen LogP contribution in [0.2, 0.25) is 0 Å². The Bertz CT molecular complexity index is 650. The van der Waals surface area contributed by atoms with Gasteiger partial charge in [0.05, 0.1) is 30.9 Å². The Balaban J connectivity index is 1.69. The van der Waals surface area contributed by atoms with Crippen molar-refractivity contribution in [2.75, 3.05) is 50.9 Å². The van der Waals surface area contributed by atoms with E-state index >= 15 is 0 Å². The summed E-state index contributed by atoms with van der Waals surface area (Å²) in [6.07, 6.45) is 1.59. The zero-order valence-corrected chi connectivity index (χ0v) is 12.4. The third kappa shape index (κ3) is 2.10. The number of fused-ring (bicyclic) bond motifs is 2. The van der Waals surface area contributed by atoms with E-state index in [-0.39, 0.29) is 12.1 Å². The third-order valence-electron chi connectivity index (χ3n) is 4.38. The minimum atomic E-state index is -0.330. The third-order valence-corrected chi connectivity index (χ3v) is 5.11. The van der Waals surface area contributed by atoms with E-state index in [4.69, 9.17) is 4.74 Å². The van der Waals surface area contributed by atoms with E-state index < -0.39 is 0 Å². The first-order valence-corrected chi connectivity index (χ1v) is 7.93. The molecule has 21 heavy (non-hydrogen) atoms. The fourth-order valence-electron chi connectivity index (χ4n) is 3.23. The Kier molecular flexibility index (Phi) is 3.26. The van der Waals surface area contributed by atoms with Gasteiger partial charge in [-0.05, 0) is 0 Å². The summed E-state index contributed by atoms with van der Waals surface area (Å²) in [7, 11) is 0. The number of aliphatic hydroxyl groups is 1. The molecule has 0 bridgehead atoms. The summed E-state index contributed by atoms with van der Waals surface area (Å²) in [6, 6.07) is 0. The minimum Gasteiger partial charge on any atom is -0.394 e. The van der Waals surface area contributed by atoms with Crippen molar-refractivity contribution in [3.8, 4) is 0 Å². The summed E-state index contributed by atoms with van der Waals surface area (Å²) in [5, 5.41) is 9.92. The predicted octanol–water partition coefficient (Wildman–Crippen LogP) is -0.0304. The van der Waals surface area contributed by atoms with E-state index in [9.17, 15) is 5.11 Å². The minimum absolute atomic E-state index is 0.0921. The Morgan fingerprint density at radius 2 is 2.24 bits per heavy atom. The number of morpholine rings is 1. The van der Waals surface area contributed by atoms with Crippen molar-refractivity contribution in [2.45, 2.75) is 5.54 Å². The highest BCUT2D eigenvalue weighted by Gasteiger charge is 2.44. The van der Waals surface area contributed by atoms with Crippen molar-refractivity contribution in [1.82, 2.24) is 19.9 Å². The molecule has 1 atom stereocenters. The van der Waals surface area contributed by atoms with Crippen LogP contribution in [0.5, 0.6) is 0 Å². The Morgan fingerprint density at radius 1 is 1.29 bits per heavy atom. The number of anilines is 1. The molecule has 2 aromatic rings. The van der Waals surface area contributed by atoms with Crippen molar-refractivity contribution < 1.29 is 9.84 Å². The molecule has 2 aliphatic heterocycles. The molecule has 0 aliphatic carbocycles. The standard InChI is InChI=1S/C13H17N5O2S/c19-6-13-5-17(1-2-18(13)3-4-20-7-13)11-10-12(15-8-14-11)21-9-16-10/h8-9,19H,1-7H2. The van der Waals surface area contributed by atoms with Gasteiger partial charge in [0.1, 0.15) is 16.7 Å². The van der Waals surface area contributed by atoms with Crippen LogP contribution in [-0.2, 0) is 4.74 Å². The van der Waals surface area contributed by atoms with Crippen LogP contribution in [0.1, 0.15) is 0 Å². The molecule has 0 radical (unpaired) electrons. The smallest absolute Gasteiger partial charge is 0.159 e. The molecule has 0 spiro atoms. The molecule has 2 aliphatic rings. The quantitative estimate of drug-likeness (QED) is 0.835. The van der Waals surface area contributed by atoms with Crippen LogP contribution in [0.15, 0.2) is 11.8 Å². The molecule has 2 fully saturated rings. The van der Waals surface area contributed by atoms with Gasteiger partial charge in [0.2, 0.25) is 0 Å². The molecule has 0 saturated carbocycles. The van der Waals surface area contributed by atoms with Gasteiger partial charge in [-0.3, -0.25) is 4.90 Å². The lowest BCUT2D eigenvalue weighted by molar-refractivity contribution is -0.0951. The first-order chi connectivity index (χ1) is 10.3. The summed E-state index contributed by atoms with van der Waals surface area (Å²) in [6.45, 7) is 4.76. The average Bonchev–Trinajstić information content (AvgIpc) is 3.02. The molecule has 4 rings (SSSR count). The maximum Gasteiger partial charge on any atom is 0.159 e. The number of hydrogen-bond acceptors (Lipinski definition) is 8. The van der Waals surface area contributed by atoms with E-state index in [2.05, 4.69) is 24.8 Å². The lowest BCUT2D eigenvalue weighted by atomic mass is 9.94. The lowest BCUT2D eigenvalue weighted by Gasteiger charge is -2.52. The number of hydrogen-bond donors (Lipinski definition) is 1. The Hall–Kier alpha value is -1.35. The van der Waals surface area contributed by atoms with Crippen LogP contribution in [0.25, 0.3) is 10.3 Å². The predicted molar refractivity (Wildman–Crippen MR) is 79.6 cm³/mol. The summed E-state index contributed by atoms with van der Waals surface area (Å²) in [5.41, 5.74) is 2.31. The molecule has 1 N–H and O–H groups in total. The number of piperazine rings is 1. The van der Waals surface area contributed by atoms with E-state index in [0.29, 0.717) is 13.2 Å². The number of aromatic nitrogens is 3. The zero-order valence-electron chi connectivity index (χ0n) is 11.6. The van der Waals surface area contributed by atoms with Crippen LogP contribution in [0.3, 0.4) is 0 Å². The molecule has 2 saturated heterocycles. The van der Waals surface area contributed by atoms with Gasteiger partial charge in [-0.2, -0.15) is 0 Å². The number of nitrogens with zero attached hydrogens (tertiary/aromatic N) is 5. The van der Waals surface area contributed by atoms with Gasteiger partial charge in [-0.1, -0.05) is 0 Å². The summed E-state index contributed by atoms with van der Waals surface area (Å²) in [5.74, 6) is 0.860. The van der Waals surface area contributed by atoms with Crippen molar-refractivity contribution in [1.29, 1.82) is 0 Å². The fourth-order valence-corrected chi connectivity index (χ4v) is 3.85. The molecular formula is C13H17N5O2S. The maximum atomic E-state index is 9.92. The van der Waals surface area contributed by atoms with Gasteiger partial charge in [0.15, 0.2) is 5.82 Å². The summed E-state index contributed by atoms with van der Waals surface area (Å²) < 4.78 is 5.62. The van der Waals surface area contributed by atoms with Gasteiger partial charge >= 0.3 is 0 Å². The summed E-state index contributed by atoms with van der Waals surface area (Å²) in [4.78, 5) is 18.5. The highest BCUT2D eigenvalue weighted by molar-refractivity contribution is 7.16. The zero-order chi connectivity index (χ0) is 14.3. The normalized spacial score (nSPS) is 27.0. The first-order valence-electron chi connectivity index (χ1n) is 7.05.